The summed E-state index contributed by atoms with van der Waals surface area (Å²) in [6.45, 7) is 5.12. The monoisotopic (exact) mass is 445 g/mol. The van der Waals surface area contributed by atoms with Gasteiger partial charge in [0.25, 0.3) is 5.91 Å². The summed E-state index contributed by atoms with van der Waals surface area (Å²) < 4.78 is 0. The first-order chi connectivity index (χ1) is 16.1. The third kappa shape index (κ3) is 3.92. The van der Waals surface area contributed by atoms with Crippen LogP contribution in [0.25, 0.3) is 0 Å². The Morgan fingerprint density at radius 1 is 0.848 bits per heavy atom. The van der Waals surface area contributed by atoms with Gasteiger partial charge in [0, 0.05) is 37.4 Å². The lowest BCUT2D eigenvalue weighted by molar-refractivity contribution is -0.122. The summed E-state index contributed by atoms with van der Waals surface area (Å²) in [6, 6.07) is 15.5. The van der Waals surface area contributed by atoms with Crippen molar-refractivity contribution in [2.45, 2.75) is 39.0 Å². The molecule has 6 heteroatoms. The third-order valence-electron chi connectivity index (χ3n) is 7.49. The minimum atomic E-state index is -0.165. The van der Waals surface area contributed by atoms with Crippen LogP contribution in [0.5, 0.6) is 0 Å². The van der Waals surface area contributed by atoms with Crippen LogP contribution in [0, 0.1) is 11.8 Å². The van der Waals surface area contributed by atoms with E-state index >= 15 is 0 Å². The van der Waals surface area contributed by atoms with Crippen LogP contribution in [0.2, 0.25) is 0 Å². The molecule has 0 radical (unpaired) electrons. The number of fused-ring (bicyclic) bond motifs is 1. The highest BCUT2D eigenvalue weighted by Gasteiger charge is 2.48. The number of hydrogen-bond donors (Lipinski definition) is 0. The summed E-state index contributed by atoms with van der Waals surface area (Å²) in [5.41, 5.74) is 3.77. The van der Waals surface area contributed by atoms with E-state index in [2.05, 4.69) is 36.1 Å². The van der Waals surface area contributed by atoms with Gasteiger partial charge in [0.1, 0.15) is 0 Å². The van der Waals surface area contributed by atoms with Crippen LogP contribution in [0.1, 0.15) is 48.5 Å². The zero-order chi connectivity index (χ0) is 22.9. The molecule has 0 spiro atoms. The van der Waals surface area contributed by atoms with Gasteiger partial charge < -0.3 is 9.80 Å². The molecular weight excluding hydrogens is 414 g/mol. The van der Waals surface area contributed by atoms with E-state index in [1.807, 2.05) is 4.90 Å². The van der Waals surface area contributed by atoms with Crippen molar-refractivity contribution in [3.63, 3.8) is 0 Å². The second kappa shape index (κ2) is 9.00. The first-order valence-corrected chi connectivity index (χ1v) is 12.2. The SMILES string of the molecule is CCc1ccccc1N1CCN(C(=O)c2ccc(N3C(=O)[C@H]4CCCC[C@H]4C3=O)cc2)CC1. The summed E-state index contributed by atoms with van der Waals surface area (Å²) >= 11 is 0. The maximum Gasteiger partial charge on any atom is 0.253 e. The number of piperazine rings is 1. The van der Waals surface area contributed by atoms with Gasteiger partial charge in [-0.15, -0.1) is 0 Å². The Bertz CT molecular complexity index is 1030. The summed E-state index contributed by atoms with van der Waals surface area (Å²) in [7, 11) is 0. The molecule has 2 atom stereocenters. The van der Waals surface area contributed by atoms with Gasteiger partial charge in [-0.2, -0.15) is 0 Å². The van der Waals surface area contributed by atoms with Crippen molar-refractivity contribution >= 4 is 29.1 Å². The molecule has 172 valence electrons. The molecule has 33 heavy (non-hydrogen) atoms. The zero-order valence-electron chi connectivity index (χ0n) is 19.2. The molecule has 2 saturated heterocycles. The van der Waals surface area contributed by atoms with Gasteiger partial charge in [0.05, 0.1) is 17.5 Å². The van der Waals surface area contributed by atoms with E-state index in [-0.39, 0.29) is 29.6 Å². The molecule has 0 aromatic heterocycles. The zero-order valence-corrected chi connectivity index (χ0v) is 19.2. The largest absolute Gasteiger partial charge is 0.368 e. The number of carbonyl (C=O) groups excluding carboxylic acids is 3. The molecule has 5 rings (SSSR count). The molecule has 1 saturated carbocycles. The summed E-state index contributed by atoms with van der Waals surface area (Å²) in [6.07, 6.45) is 4.62. The molecule has 6 nitrogen and oxygen atoms in total. The van der Waals surface area contributed by atoms with E-state index < -0.39 is 0 Å². The Balaban J connectivity index is 1.24. The van der Waals surface area contributed by atoms with Gasteiger partial charge in [0.2, 0.25) is 11.8 Å². The van der Waals surface area contributed by atoms with Crippen LogP contribution in [-0.2, 0) is 16.0 Å². The van der Waals surface area contributed by atoms with Crippen LogP contribution in [-0.4, -0.2) is 48.8 Å². The maximum atomic E-state index is 13.1. The molecule has 3 aliphatic rings. The van der Waals surface area contributed by atoms with Gasteiger partial charge in [-0.05, 0) is 55.2 Å². The smallest absolute Gasteiger partial charge is 0.253 e. The Morgan fingerprint density at radius 3 is 2.06 bits per heavy atom. The maximum absolute atomic E-state index is 13.1. The standard InChI is InChI=1S/C27H31N3O3/c1-2-19-7-3-6-10-24(19)28-15-17-29(18-16-28)25(31)20-11-13-21(14-12-20)30-26(32)22-8-4-5-9-23(22)27(30)33/h3,6-7,10-14,22-23H,2,4-5,8-9,15-18H2,1H3/t22-,23+. The van der Waals surface area contributed by atoms with E-state index in [4.69, 9.17) is 0 Å². The van der Waals surface area contributed by atoms with Crippen molar-refractivity contribution < 1.29 is 14.4 Å². The number of para-hydroxylation sites is 1. The fourth-order valence-corrected chi connectivity index (χ4v) is 5.62. The molecular formula is C27H31N3O3. The van der Waals surface area contributed by atoms with Gasteiger partial charge in [0.15, 0.2) is 0 Å². The second-order valence-electron chi connectivity index (χ2n) is 9.32. The fraction of sp³-hybridized carbons (Fsp3) is 0.444. The van der Waals surface area contributed by atoms with E-state index in [0.29, 0.717) is 24.3 Å². The van der Waals surface area contributed by atoms with Crippen LogP contribution >= 0.6 is 0 Å². The van der Waals surface area contributed by atoms with Crippen molar-refractivity contribution in [2.24, 2.45) is 11.8 Å². The minimum absolute atomic E-state index is 0.00211. The van der Waals surface area contributed by atoms with Crippen molar-refractivity contribution in [2.75, 3.05) is 36.0 Å². The molecule has 0 unspecified atom stereocenters. The predicted molar refractivity (Wildman–Crippen MR) is 128 cm³/mol. The van der Waals surface area contributed by atoms with Gasteiger partial charge in [-0.1, -0.05) is 38.0 Å². The van der Waals surface area contributed by atoms with Gasteiger partial charge >= 0.3 is 0 Å². The van der Waals surface area contributed by atoms with Crippen LogP contribution < -0.4 is 9.80 Å². The van der Waals surface area contributed by atoms with E-state index in [9.17, 15) is 14.4 Å². The molecule has 2 aromatic rings. The Kier molecular flexibility index (Phi) is 5.92. The van der Waals surface area contributed by atoms with Crippen LogP contribution in [0.15, 0.2) is 48.5 Å². The predicted octanol–water partition coefficient (Wildman–Crippen LogP) is 3.89. The molecule has 0 bridgehead atoms. The van der Waals surface area contributed by atoms with E-state index in [0.717, 1.165) is 45.2 Å². The number of carbonyl (C=O) groups is 3. The van der Waals surface area contributed by atoms with Crippen molar-refractivity contribution in [3.8, 4) is 0 Å². The number of hydrogen-bond acceptors (Lipinski definition) is 4. The quantitative estimate of drug-likeness (QED) is 0.670. The highest BCUT2D eigenvalue weighted by Crippen LogP contribution is 2.40. The lowest BCUT2D eigenvalue weighted by Crippen LogP contribution is -2.49. The van der Waals surface area contributed by atoms with Crippen LogP contribution in [0.3, 0.4) is 0 Å². The number of imide groups is 1. The average molecular weight is 446 g/mol. The average Bonchev–Trinajstić information content (AvgIpc) is 3.13. The number of benzene rings is 2. The summed E-state index contributed by atoms with van der Waals surface area (Å²) in [5, 5.41) is 0. The normalized spacial score (nSPS) is 23.1. The molecule has 3 fully saturated rings. The summed E-state index contributed by atoms with van der Waals surface area (Å²) in [4.78, 5) is 44.4. The first-order valence-electron chi connectivity index (χ1n) is 12.2. The lowest BCUT2D eigenvalue weighted by atomic mass is 9.81. The third-order valence-corrected chi connectivity index (χ3v) is 7.49. The molecule has 2 aromatic carbocycles. The number of nitrogens with zero attached hydrogens (tertiary/aromatic N) is 3. The fourth-order valence-electron chi connectivity index (χ4n) is 5.62. The highest BCUT2D eigenvalue weighted by molar-refractivity contribution is 6.22. The lowest BCUT2D eigenvalue weighted by Gasteiger charge is -2.37. The number of rotatable bonds is 4. The van der Waals surface area contributed by atoms with Gasteiger partial charge in [-0.25, -0.2) is 0 Å². The Hall–Kier alpha value is -3.15. The number of anilines is 2. The molecule has 2 aliphatic heterocycles. The van der Waals surface area contributed by atoms with Crippen LogP contribution in [0.4, 0.5) is 11.4 Å². The van der Waals surface area contributed by atoms with E-state index in [1.165, 1.54) is 16.2 Å². The number of aryl methyl sites for hydroxylation is 1. The highest BCUT2D eigenvalue weighted by atomic mass is 16.2. The van der Waals surface area contributed by atoms with Gasteiger partial charge in [-0.3, -0.25) is 19.3 Å². The second-order valence-corrected chi connectivity index (χ2v) is 9.32. The Morgan fingerprint density at radius 2 is 1.45 bits per heavy atom. The minimum Gasteiger partial charge on any atom is -0.368 e. The topological polar surface area (TPSA) is 60.9 Å². The van der Waals surface area contributed by atoms with Crippen molar-refractivity contribution in [1.82, 2.24) is 4.90 Å². The first kappa shape index (κ1) is 21.7. The molecule has 2 heterocycles. The number of amides is 3. The molecule has 0 N–H and O–H groups in total. The molecule has 3 amide bonds. The van der Waals surface area contributed by atoms with E-state index in [1.54, 1.807) is 24.3 Å². The summed E-state index contributed by atoms with van der Waals surface area (Å²) in [5.74, 6) is -0.486. The molecule has 1 aliphatic carbocycles. The van der Waals surface area contributed by atoms with Crippen molar-refractivity contribution in [3.05, 3.63) is 59.7 Å². The van der Waals surface area contributed by atoms with Crippen molar-refractivity contribution in [1.29, 1.82) is 0 Å². The Labute approximate surface area is 195 Å².